The Balaban J connectivity index is 1.32. The molecule has 0 spiro atoms. The van der Waals surface area contributed by atoms with Gasteiger partial charge in [-0.25, -0.2) is 4.79 Å². The summed E-state index contributed by atoms with van der Waals surface area (Å²) in [6.07, 6.45) is 2.22. The van der Waals surface area contributed by atoms with Gasteiger partial charge in [-0.05, 0) is 41.9 Å². The molecular formula is C19H21N3O3S. The molecule has 26 heavy (non-hydrogen) atoms. The number of carboxylic acids is 1. The van der Waals surface area contributed by atoms with Gasteiger partial charge >= 0.3 is 5.97 Å². The van der Waals surface area contributed by atoms with E-state index < -0.39 is 5.97 Å². The zero-order valence-electron chi connectivity index (χ0n) is 14.4. The number of thioether (sulfide) groups is 1. The zero-order chi connectivity index (χ0) is 18.1. The van der Waals surface area contributed by atoms with Crippen molar-refractivity contribution in [3.8, 4) is 0 Å². The van der Waals surface area contributed by atoms with Crippen LogP contribution in [0.5, 0.6) is 0 Å². The lowest BCUT2D eigenvalue weighted by atomic mass is 9.97. The fourth-order valence-corrected chi connectivity index (χ4v) is 4.73. The van der Waals surface area contributed by atoms with Gasteiger partial charge in [0.2, 0.25) is 5.91 Å². The summed E-state index contributed by atoms with van der Waals surface area (Å²) in [5.74, 6) is -0.340. The Morgan fingerprint density at radius 1 is 1.31 bits per heavy atom. The average Bonchev–Trinajstić information content (AvgIpc) is 3.34. The third kappa shape index (κ3) is 3.49. The molecular weight excluding hydrogens is 350 g/mol. The minimum atomic E-state index is -0.900. The first kappa shape index (κ1) is 17.1. The second kappa shape index (κ2) is 7.15. The van der Waals surface area contributed by atoms with Crippen LogP contribution in [0.2, 0.25) is 0 Å². The predicted molar refractivity (Wildman–Crippen MR) is 101 cm³/mol. The summed E-state index contributed by atoms with van der Waals surface area (Å²) >= 11 is 1.61. The molecule has 0 aromatic heterocycles. The molecule has 1 fully saturated rings. The van der Waals surface area contributed by atoms with Crippen LogP contribution in [0.3, 0.4) is 0 Å². The third-order valence-corrected chi connectivity index (χ3v) is 6.07. The van der Waals surface area contributed by atoms with Crippen molar-refractivity contribution in [1.82, 2.24) is 9.80 Å². The molecule has 1 aromatic rings. The first-order chi connectivity index (χ1) is 12.6. The largest absolute Gasteiger partial charge is 0.478 e. The Morgan fingerprint density at radius 2 is 2.19 bits per heavy atom. The van der Waals surface area contributed by atoms with E-state index in [4.69, 9.17) is 5.11 Å². The normalized spacial score (nSPS) is 21.6. The van der Waals surface area contributed by atoms with Gasteiger partial charge in [0.1, 0.15) is 0 Å². The standard InChI is InChI=1S/C19H21N3O3S/c23-17(10-16-12-26-19-20-5-7-22(16)19)21-6-4-14(11-21)8-13-2-1-3-15(9-13)18(24)25/h1-3,9,12,14H,4-8,10-11H2,(H,24,25)/t14-/m0/s1. The van der Waals surface area contributed by atoms with E-state index in [9.17, 15) is 9.59 Å². The number of benzene rings is 1. The van der Waals surface area contributed by atoms with Gasteiger partial charge in [-0.2, -0.15) is 0 Å². The summed E-state index contributed by atoms with van der Waals surface area (Å²) in [7, 11) is 0. The highest BCUT2D eigenvalue weighted by Gasteiger charge is 2.31. The maximum absolute atomic E-state index is 12.7. The van der Waals surface area contributed by atoms with E-state index in [1.807, 2.05) is 16.4 Å². The van der Waals surface area contributed by atoms with Crippen molar-refractivity contribution in [3.63, 3.8) is 0 Å². The van der Waals surface area contributed by atoms with Gasteiger partial charge in [-0.1, -0.05) is 23.9 Å². The van der Waals surface area contributed by atoms with Crippen molar-refractivity contribution in [2.75, 3.05) is 26.2 Å². The highest BCUT2D eigenvalue weighted by molar-refractivity contribution is 8.16. The number of aliphatic imine (C=N–C) groups is 1. The minimum Gasteiger partial charge on any atom is -0.478 e. The molecule has 1 saturated heterocycles. The highest BCUT2D eigenvalue weighted by Crippen LogP contribution is 2.32. The summed E-state index contributed by atoms with van der Waals surface area (Å²) in [4.78, 5) is 32.3. The number of carboxylic acid groups (broad SMARTS) is 1. The van der Waals surface area contributed by atoms with Gasteiger partial charge in [0.25, 0.3) is 0 Å². The lowest BCUT2D eigenvalue weighted by Crippen LogP contribution is -2.31. The van der Waals surface area contributed by atoms with Gasteiger partial charge in [-0.3, -0.25) is 9.79 Å². The molecule has 3 heterocycles. The number of rotatable bonds is 5. The van der Waals surface area contributed by atoms with Gasteiger partial charge in [0.15, 0.2) is 5.17 Å². The number of hydrogen-bond donors (Lipinski definition) is 1. The molecule has 1 atom stereocenters. The lowest BCUT2D eigenvalue weighted by Gasteiger charge is -2.20. The van der Waals surface area contributed by atoms with E-state index in [1.54, 1.807) is 30.0 Å². The first-order valence-electron chi connectivity index (χ1n) is 8.88. The SMILES string of the molecule is O=C(O)c1cccc(C[C@@H]2CCN(C(=O)CC3=CSC4=NCCN34)C2)c1. The van der Waals surface area contributed by atoms with Crippen molar-refractivity contribution >= 4 is 28.8 Å². The van der Waals surface area contributed by atoms with Crippen LogP contribution in [0.1, 0.15) is 28.8 Å². The van der Waals surface area contributed by atoms with Gasteiger partial charge in [0.05, 0.1) is 18.5 Å². The molecule has 7 heteroatoms. The van der Waals surface area contributed by atoms with E-state index in [0.717, 1.165) is 55.4 Å². The maximum atomic E-state index is 12.7. The summed E-state index contributed by atoms with van der Waals surface area (Å²) in [6, 6.07) is 7.10. The quantitative estimate of drug-likeness (QED) is 0.861. The van der Waals surface area contributed by atoms with Crippen molar-refractivity contribution in [2.24, 2.45) is 10.9 Å². The molecule has 1 N–H and O–H groups in total. The van der Waals surface area contributed by atoms with Crippen LogP contribution in [-0.4, -0.2) is 58.1 Å². The van der Waals surface area contributed by atoms with Crippen LogP contribution in [0.25, 0.3) is 0 Å². The Bertz CT molecular complexity index is 805. The fraction of sp³-hybridized carbons (Fsp3) is 0.421. The van der Waals surface area contributed by atoms with Crippen molar-refractivity contribution in [1.29, 1.82) is 0 Å². The van der Waals surface area contributed by atoms with Crippen molar-refractivity contribution in [2.45, 2.75) is 19.3 Å². The van der Waals surface area contributed by atoms with Crippen LogP contribution < -0.4 is 0 Å². The Kier molecular flexibility index (Phi) is 4.72. The van der Waals surface area contributed by atoms with Crippen LogP contribution in [-0.2, 0) is 11.2 Å². The van der Waals surface area contributed by atoms with Gasteiger partial charge in [-0.15, -0.1) is 0 Å². The number of amidine groups is 1. The van der Waals surface area contributed by atoms with Crippen LogP contribution in [0, 0.1) is 5.92 Å². The van der Waals surface area contributed by atoms with E-state index in [2.05, 4.69) is 9.89 Å². The first-order valence-corrected chi connectivity index (χ1v) is 9.76. The van der Waals surface area contributed by atoms with Crippen molar-refractivity contribution in [3.05, 3.63) is 46.5 Å². The molecule has 1 amide bonds. The summed E-state index contributed by atoms with van der Waals surface area (Å²) < 4.78 is 0. The average molecular weight is 371 g/mol. The minimum absolute atomic E-state index is 0.173. The number of carbonyl (C=O) groups excluding carboxylic acids is 1. The van der Waals surface area contributed by atoms with Crippen molar-refractivity contribution < 1.29 is 14.7 Å². The Labute approximate surface area is 156 Å². The number of amides is 1. The second-order valence-corrected chi connectivity index (χ2v) is 7.76. The molecule has 136 valence electrons. The molecule has 3 aliphatic rings. The Morgan fingerprint density at radius 3 is 3.04 bits per heavy atom. The summed E-state index contributed by atoms with van der Waals surface area (Å²) in [5, 5.41) is 12.2. The van der Waals surface area contributed by atoms with Crippen LogP contribution in [0.4, 0.5) is 0 Å². The van der Waals surface area contributed by atoms with E-state index >= 15 is 0 Å². The van der Waals surface area contributed by atoms with E-state index in [-0.39, 0.29) is 5.91 Å². The second-order valence-electron chi connectivity index (χ2n) is 6.92. The smallest absolute Gasteiger partial charge is 0.335 e. The van der Waals surface area contributed by atoms with Crippen LogP contribution >= 0.6 is 11.8 Å². The molecule has 0 unspecified atom stereocenters. The molecule has 0 radical (unpaired) electrons. The topological polar surface area (TPSA) is 73.2 Å². The molecule has 3 aliphatic heterocycles. The number of nitrogens with zero attached hydrogens (tertiary/aromatic N) is 3. The third-order valence-electron chi connectivity index (χ3n) is 5.12. The molecule has 0 saturated carbocycles. The van der Waals surface area contributed by atoms with E-state index in [1.165, 1.54) is 0 Å². The van der Waals surface area contributed by atoms with Gasteiger partial charge in [0, 0.05) is 25.3 Å². The number of hydrogen-bond acceptors (Lipinski definition) is 5. The fourth-order valence-electron chi connectivity index (χ4n) is 3.77. The van der Waals surface area contributed by atoms with Gasteiger partial charge < -0.3 is 14.9 Å². The summed E-state index contributed by atoms with van der Waals surface area (Å²) in [6.45, 7) is 3.22. The number of fused-ring (bicyclic) bond motifs is 1. The summed E-state index contributed by atoms with van der Waals surface area (Å²) in [5.41, 5.74) is 2.41. The lowest BCUT2D eigenvalue weighted by molar-refractivity contribution is -0.129. The molecule has 1 aromatic carbocycles. The molecule has 4 rings (SSSR count). The number of carbonyl (C=O) groups is 2. The number of likely N-dealkylation sites (tertiary alicyclic amines) is 1. The molecule has 0 bridgehead atoms. The molecule has 6 nitrogen and oxygen atoms in total. The predicted octanol–water partition coefficient (Wildman–Crippen LogP) is 2.43. The molecule has 0 aliphatic carbocycles. The van der Waals surface area contributed by atoms with Crippen LogP contribution in [0.15, 0.2) is 40.4 Å². The Hall–Kier alpha value is -2.28. The zero-order valence-corrected chi connectivity index (χ0v) is 15.2. The monoisotopic (exact) mass is 371 g/mol. The highest BCUT2D eigenvalue weighted by atomic mass is 32.2. The maximum Gasteiger partial charge on any atom is 0.335 e. The number of aromatic carboxylic acids is 1. The van der Waals surface area contributed by atoms with E-state index in [0.29, 0.717) is 17.9 Å².